The lowest BCUT2D eigenvalue weighted by Gasteiger charge is -2.11. The summed E-state index contributed by atoms with van der Waals surface area (Å²) in [5, 5.41) is 2.16. The highest BCUT2D eigenvalue weighted by Gasteiger charge is 2.14. The number of nitrogens with two attached hydrogens (primary N) is 3. The Balaban J connectivity index is 0.00000128. The lowest BCUT2D eigenvalue weighted by molar-refractivity contribution is -0.122. The molecule has 2 aromatic carbocycles. The minimum atomic E-state index is -0.262. The van der Waals surface area contributed by atoms with Crippen LogP contribution in [0.5, 0.6) is 5.75 Å². The molecule has 7 nitrogen and oxygen atoms in total. The lowest BCUT2D eigenvalue weighted by atomic mass is 9.97. The summed E-state index contributed by atoms with van der Waals surface area (Å²) in [5.74, 6) is 13.5. The van der Waals surface area contributed by atoms with E-state index < -0.39 is 0 Å². The van der Waals surface area contributed by atoms with Crippen molar-refractivity contribution >= 4 is 16.7 Å². The number of ether oxygens (including phenoxy) is 1. The van der Waals surface area contributed by atoms with Crippen LogP contribution in [0.1, 0.15) is 18.4 Å². The van der Waals surface area contributed by atoms with Crippen molar-refractivity contribution in [3.63, 3.8) is 0 Å². The summed E-state index contributed by atoms with van der Waals surface area (Å²) in [6.07, 6.45) is 0. The van der Waals surface area contributed by atoms with E-state index in [9.17, 15) is 4.79 Å². The number of nitrogens with one attached hydrogen (secondary N) is 1. The fourth-order valence-corrected chi connectivity index (χ4v) is 1.91. The van der Waals surface area contributed by atoms with Crippen LogP contribution < -0.4 is 27.7 Å². The SMILES string of the molecule is COc1ccc2cc(C(C)C(=O)NN)ccc2c1.NN.O. The fraction of sp³-hybridized carbons (Fsp3) is 0.214. The Bertz CT molecular complexity index is 589. The molecule has 0 saturated heterocycles. The van der Waals surface area contributed by atoms with E-state index in [1.807, 2.05) is 43.3 Å². The van der Waals surface area contributed by atoms with Gasteiger partial charge < -0.3 is 10.2 Å². The Kier molecular flexibility index (Phi) is 7.95. The molecule has 0 heterocycles. The van der Waals surface area contributed by atoms with Gasteiger partial charge in [-0.15, -0.1) is 0 Å². The normalized spacial score (nSPS) is 10.7. The van der Waals surface area contributed by atoms with Crippen LogP contribution in [-0.4, -0.2) is 18.5 Å². The Morgan fingerprint density at radius 3 is 2.29 bits per heavy atom. The molecule has 9 N–H and O–H groups in total. The molecule has 0 aliphatic heterocycles. The van der Waals surface area contributed by atoms with Gasteiger partial charge in [-0.2, -0.15) is 0 Å². The minimum Gasteiger partial charge on any atom is -0.497 e. The van der Waals surface area contributed by atoms with Crippen molar-refractivity contribution in [2.75, 3.05) is 7.11 Å². The topological polar surface area (TPSA) is 148 Å². The van der Waals surface area contributed by atoms with Gasteiger partial charge in [-0.25, -0.2) is 5.84 Å². The summed E-state index contributed by atoms with van der Waals surface area (Å²) in [7, 11) is 1.64. The quantitative estimate of drug-likeness (QED) is 0.355. The highest BCUT2D eigenvalue weighted by molar-refractivity contribution is 5.88. The monoisotopic (exact) mass is 294 g/mol. The van der Waals surface area contributed by atoms with Gasteiger partial charge in [-0.05, 0) is 35.4 Å². The van der Waals surface area contributed by atoms with Gasteiger partial charge in [0, 0.05) is 0 Å². The molecule has 1 amide bonds. The van der Waals surface area contributed by atoms with Crippen molar-refractivity contribution in [1.29, 1.82) is 0 Å². The van der Waals surface area contributed by atoms with E-state index in [-0.39, 0.29) is 17.3 Å². The number of amides is 1. The first-order valence-corrected chi connectivity index (χ1v) is 6.07. The summed E-state index contributed by atoms with van der Waals surface area (Å²) < 4.78 is 5.17. The van der Waals surface area contributed by atoms with Gasteiger partial charge in [0.05, 0.1) is 13.0 Å². The second-order valence-electron chi connectivity index (χ2n) is 4.20. The summed E-state index contributed by atoms with van der Waals surface area (Å²) in [6, 6.07) is 11.8. The maximum atomic E-state index is 11.5. The Labute approximate surface area is 123 Å². The van der Waals surface area contributed by atoms with E-state index in [1.54, 1.807) is 7.11 Å². The van der Waals surface area contributed by atoms with Crippen LogP contribution in [0, 0.1) is 0 Å². The van der Waals surface area contributed by atoms with E-state index in [0.29, 0.717) is 0 Å². The predicted molar refractivity (Wildman–Crippen MR) is 83.2 cm³/mol. The van der Waals surface area contributed by atoms with Crippen LogP contribution in [-0.2, 0) is 4.79 Å². The molecule has 0 spiro atoms. The molecular weight excluding hydrogens is 272 g/mol. The lowest BCUT2D eigenvalue weighted by Crippen LogP contribution is -2.33. The van der Waals surface area contributed by atoms with Gasteiger partial charge in [0.1, 0.15) is 5.75 Å². The van der Waals surface area contributed by atoms with Crippen molar-refractivity contribution in [2.45, 2.75) is 12.8 Å². The van der Waals surface area contributed by atoms with Crippen LogP contribution in [0.3, 0.4) is 0 Å². The van der Waals surface area contributed by atoms with Crippen molar-refractivity contribution in [3.8, 4) is 5.75 Å². The highest BCUT2D eigenvalue weighted by Crippen LogP contribution is 2.25. The second kappa shape index (κ2) is 8.88. The molecule has 7 heteroatoms. The second-order valence-corrected chi connectivity index (χ2v) is 4.20. The first-order chi connectivity index (χ1) is 9.65. The number of hydrogen-bond acceptors (Lipinski definition) is 5. The van der Waals surface area contributed by atoms with Crippen LogP contribution in [0.2, 0.25) is 0 Å². The third kappa shape index (κ3) is 4.40. The van der Waals surface area contributed by atoms with E-state index in [0.717, 1.165) is 22.1 Å². The third-order valence-corrected chi connectivity index (χ3v) is 3.11. The first-order valence-electron chi connectivity index (χ1n) is 6.07. The summed E-state index contributed by atoms with van der Waals surface area (Å²) >= 11 is 0. The Morgan fingerprint density at radius 1 is 1.14 bits per heavy atom. The fourth-order valence-electron chi connectivity index (χ4n) is 1.91. The summed E-state index contributed by atoms with van der Waals surface area (Å²) in [5.41, 5.74) is 3.11. The molecule has 1 unspecified atom stereocenters. The summed E-state index contributed by atoms with van der Waals surface area (Å²) in [6.45, 7) is 1.83. The van der Waals surface area contributed by atoms with Gasteiger partial charge in [0.2, 0.25) is 5.91 Å². The molecule has 2 rings (SSSR count). The average Bonchev–Trinajstić information content (AvgIpc) is 2.54. The number of hydrogen-bond donors (Lipinski definition) is 4. The molecule has 116 valence electrons. The zero-order valence-corrected chi connectivity index (χ0v) is 12.1. The molecule has 2 aromatic rings. The van der Waals surface area contributed by atoms with E-state index in [1.165, 1.54) is 0 Å². The number of benzene rings is 2. The van der Waals surface area contributed by atoms with Crippen molar-refractivity contribution in [2.24, 2.45) is 17.5 Å². The number of carbonyl (C=O) groups is 1. The molecule has 1 atom stereocenters. The standard InChI is InChI=1S/C14H16N2O2.H4N2.H2O/c1-9(14(17)16-15)10-3-4-12-8-13(18-2)6-5-11(12)7-10;1-2;/h3-9H,15H2,1-2H3,(H,16,17);1-2H2;1H2. The van der Waals surface area contributed by atoms with E-state index in [4.69, 9.17) is 10.6 Å². The zero-order valence-electron chi connectivity index (χ0n) is 12.1. The molecule has 21 heavy (non-hydrogen) atoms. The molecule has 0 aliphatic rings. The zero-order chi connectivity index (χ0) is 15.1. The Hall–Kier alpha value is -2.19. The van der Waals surface area contributed by atoms with Crippen molar-refractivity contribution < 1.29 is 15.0 Å². The van der Waals surface area contributed by atoms with E-state index in [2.05, 4.69) is 17.1 Å². The number of hydrazine groups is 2. The highest BCUT2D eigenvalue weighted by atomic mass is 16.5. The molecular formula is C14H22N4O3. The van der Waals surface area contributed by atoms with Crippen LogP contribution in [0.4, 0.5) is 0 Å². The minimum absolute atomic E-state index is 0. The van der Waals surface area contributed by atoms with Crippen LogP contribution in [0.25, 0.3) is 10.8 Å². The number of methoxy groups -OCH3 is 1. The van der Waals surface area contributed by atoms with Crippen molar-refractivity contribution in [3.05, 3.63) is 42.0 Å². The smallest absolute Gasteiger partial charge is 0.241 e. The number of fused-ring (bicyclic) bond motifs is 1. The van der Waals surface area contributed by atoms with Gasteiger partial charge >= 0.3 is 0 Å². The van der Waals surface area contributed by atoms with Crippen LogP contribution in [0.15, 0.2) is 36.4 Å². The average molecular weight is 294 g/mol. The number of carbonyl (C=O) groups excluding carboxylic acids is 1. The van der Waals surface area contributed by atoms with Gasteiger partial charge in [0.25, 0.3) is 0 Å². The van der Waals surface area contributed by atoms with Gasteiger partial charge in [0.15, 0.2) is 0 Å². The summed E-state index contributed by atoms with van der Waals surface area (Å²) in [4.78, 5) is 11.5. The van der Waals surface area contributed by atoms with Gasteiger partial charge in [-0.3, -0.25) is 21.9 Å². The molecule has 0 aromatic heterocycles. The molecule has 0 radical (unpaired) electrons. The van der Waals surface area contributed by atoms with Crippen LogP contribution >= 0.6 is 0 Å². The number of rotatable bonds is 3. The maximum Gasteiger partial charge on any atom is 0.241 e. The molecule has 0 fully saturated rings. The molecule has 0 aliphatic carbocycles. The molecule has 0 bridgehead atoms. The Morgan fingerprint density at radius 2 is 1.71 bits per heavy atom. The maximum absolute atomic E-state index is 11.5. The molecule has 0 saturated carbocycles. The van der Waals surface area contributed by atoms with Crippen molar-refractivity contribution in [1.82, 2.24) is 5.43 Å². The first kappa shape index (κ1) is 18.8. The third-order valence-electron chi connectivity index (χ3n) is 3.11. The van der Waals surface area contributed by atoms with Gasteiger partial charge in [-0.1, -0.05) is 24.3 Å². The largest absolute Gasteiger partial charge is 0.497 e. The predicted octanol–water partition coefficient (Wildman–Crippen LogP) is -0.0641. The van der Waals surface area contributed by atoms with E-state index >= 15 is 0 Å².